The van der Waals surface area contributed by atoms with Crippen molar-refractivity contribution in [2.24, 2.45) is 4.99 Å². The maximum atomic E-state index is 14.6. The Morgan fingerprint density at radius 3 is 1.91 bits per heavy atom. The Labute approximate surface area is 188 Å². The number of alkyl halides is 4. The van der Waals surface area contributed by atoms with Gasteiger partial charge in [0.05, 0.1) is 18.8 Å². The number of nitrogens with zero attached hydrogens (tertiary/aromatic N) is 4. The third-order valence-electron chi connectivity index (χ3n) is 3.92. The highest BCUT2D eigenvalue weighted by atomic mass is 19.4. The lowest BCUT2D eigenvalue weighted by Crippen LogP contribution is -2.45. The zero-order valence-electron chi connectivity index (χ0n) is 19.2. The van der Waals surface area contributed by atoms with Crippen LogP contribution < -0.4 is 0 Å². The predicted molar refractivity (Wildman–Crippen MR) is 111 cm³/mol. The van der Waals surface area contributed by atoms with Crippen LogP contribution in [0.2, 0.25) is 0 Å². The van der Waals surface area contributed by atoms with E-state index in [-0.39, 0.29) is 23.4 Å². The molecule has 1 atom stereocenters. The van der Waals surface area contributed by atoms with Gasteiger partial charge in [0.15, 0.2) is 0 Å². The van der Waals surface area contributed by atoms with Crippen molar-refractivity contribution in [1.29, 1.82) is 0 Å². The molecule has 0 aromatic carbocycles. The first-order valence-electron chi connectivity index (χ1n) is 9.98. The average Bonchev–Trinajstić information content (AvgIpc) is 2.63. The van der Waals surface area contributed by atoms with Crippen LogP contribution in [-0.4, -0.2) is 63.2 Å². The monoisotopic (exact) mass is 474 g/mol. The molecule has 182 valence electrons. The van der Waals surface area contributed by atoms with Crippen LogP contribution >= 0.6 is 0 Å². The minimum Gasteiger partial charge on any atom is -0.443 e. The summed E-state index contributed by atoms with van der Waals surface area (Å²) in [5, 5.41) is 0. The SMILES string of the molecule is CC(C)(C)OC(=O)N(CC1=CC(c2cnc(C(F)(F)F)nc2)=NCC1F)C(=O)OC(C)(C)C. The Hall–Kier alpha value is -3.05. The Morgan fingerprint density at radius 1 is 1.00 bits per heavy atom. The lowest BCUT2D eigenvalue weighted by molar-refractivity contribution is -0.145. The molecule has 0 fully saturated rings. The quantitative estimate of drug-likeness (QED) is 0.588. The molecular formula is C21H26F4N4O4. The van der Waals surface area contributed by atoms with Crippen LogP contribution in [0.5, 0.6) is 0 Å². The van der Waals surface area contributed by atoms with Gasteiger partial charge in [-0.05, 0) is 53.2 Å². The van der Waals surface area contributed by atoms with E-state index in [0.717, 1.165) is 12.4 Å². The molecule has 1 aliphatic rings. The summed E-state index contributed by atoms with van der Waals surface area (Å²) in [6.45, 7) is 8.74. The molecule has 1 unspecified atom stereocenters. The van der Waals surface area contributed by atoms with Crippen LogP contribution in [0.25, 0.3) is 0 Å². The number of allylic oxidation sites excluding steroid dienone is 1. The van der Waals surface area contributed by atoms with Crippen molar-refractivity contribution < 1.29 is 36.6 Å². The Morgan fingerprint density at radius 2 is 1.48 bits per heavy atom. The first-order chi connectivity index (χ1) is 15.0. The van der Waals surface area contributed by atoms with E-state index in [1.807, 2.05) is 0 Å². The van der Waals surface area contributed by atoms with Gasteiger partial charge in [0, 0.05) is 18.0 Å². The number of hydrogen-bond donors (Lipinski definition) is 0. The van der Waals surface area contributed by atoms with E-state index in [0.29, 0.717) is 4.90 Å². The Balaban J connectivity index is 2.33. The van der Waals surface area contributed by atoms with Gasteiger partial charge in [0.25, 0.3) is 0 Å². The van der Waals surface area contributed by atoms with Gasteiger partial charge in [-0.25, -0.2) is 28.8 Å². The fraction of sp³-hybridized carbons (Fsp3) is 0.571. The standard InChI is InChI=1S/C21H26F4N4O4/c1-19(2,3)32-17(30)29(18(31)33-20(4,5)6)11-12-7-15(26-10-14(12)22)13-8-27-16(28-9-13)21(23,24)25/h7-9,14H,10-11H2,1-6H3. The maximum Gasteiger partial charge on any atom is 0.451 e. The normalized spacial score (nSPS) is 17.1. The van der Waals surface area contributed by atoms with Gasteiger partial charge in [-0.3, -0.25) is 4.99 Å². The summed E-state index contributed by atoms with van der Waals surface area (Å²) >= 11 is 0. The number of imide groups is 1. The molecule has 12 heteroatoms. The predicted octanol–water partition coefficient (Wildman–Crippen LogP) is 4.73. The highest BCUT2D eigenvalue weighted by Gasteiger charge is 2.35. The number of hydrogen-bond acceptors (Lipinski definition) is 7. The minimum absolute atomic E-state index is 0.0170. The van der Waals surface area contributed by atoms with E-state index in [1.54, 1.807) is 41.5 Å². The molecule has 2 heterocycles. The number of carbonyl (C=O) groups excluding carboxylic acids is 2. The zero-order chi connectivity index (χ0) is 25.2. The number of ether oxygens (including phenoxy) is 2. The summed E-state index contributed by atoms with van der Waals surface area (Å²) in [5.41, 5.74) is -1.65. The van der Waals surface area contributed by atoms with E-state index in [1.165, 1.54) is 6.08 Å². The summed E-state index contributed by atoms with van der Waals surface area (Å²) in [6.07, 6.45) is -5.35. The van der Waals surface area contributed by atoms with E-state index >= 15 is 0 Å². The van der Waals surface area contributed by atoms with Crippen LogP contribution in [0, 0.1) is 0 Å². The van der Waals surface area contributed by atoms with Crippen LogP contribution in [0.4, 0.5) is 27.2 Å². The highest BCUT2D eigenvalue weighted by molar-refractivity contribution is 6.09. The molecule has 33 heavy (non-hydrogen) atoms. The smallest absolute Gasteiger partial charge is 0.443 e. The molecule has 0 spiro atoms. The van der Waals surface area contributed by atoms with Gasteiger partial charge in [-0.2, -0.15) is 13.2 Å². The number of carbonyl (C=O) groups is 2. The molecule has 0 N–H and O–H groups in total. The minimum atomic E-state index is -4.71. The maximum absolute atomic E-state index is 14.6. The summed E-state index contributed by atoms with van der Waals surface area (Å²) in [4.78, 5) is 36.4. The molecule has 0 bridgehead atoms. The number of dihydropyridines is 1. The fourth-order valence-electron chi connectivity index (χ4n) is 2.55. The second kappa shape index (κ2) is 9.44. The summed E-state index contributed by atoms with van der Waals surface area (Å²) in [7, 11) is 0. The molecule has 0 saturated carbocycles. The van der Waals surface area contributed by atoms with Crippen molar-refractivity contribution in [3.63, 3.8) is 0 Å². The number of aromatic nitrogens is 2. The van der Waals surface area contributed by atoms with Crippen molar-refractivity contribution in [2.75, 3.05) is 13.1 Å². The largest absolute Gasteiger partial charge is 0.451 e. The van der Waals surface area contributed by atoms with E-state index < -0.39 is 48.1 Å². The number of halogens is 4. The van der Waals surface area contributed by atoms with E-state index in [9.17, 15) is 27.2 Å². The Bertz CT molecular complexity index is 917. The van der Waals surface area contributed by atoms with Crippen LogP contribution in [0.3, 0.4) is 0 Å². The number of aliphatic imine (C=N–C) groups is 1. The zero-order valence-corrected chi connectivity index (χ0v) is 19.2. The summed E-state index contributed by atoms with van der Waals surface area (Å²) < 4.78 is 63.2. The lowest BCUT2D eigenvalue weighted by atomic mass is 10.0. The van der Waals surface area contributed by atoms with Gasteiger partial charge in [0.1, 0.15) is 17.4 Å². The van der Waals surface area contributed by atoms with Crippen molar-refractivity contribution in [2.45, 2.75) is 65.1 Å². The van der Waals surface area contributed by atoms with Gasteiger partial charge < -0.3 is 9.47 Å². The molecule has 1 aromatic heterocycles. The molecule has 0 aliphatic carbocycles. The second-order valence-electron chi connectivity index (χ2n) is 9.25. The van der Waals surface area contributed by atoms with Crippen molar-refractivity contribution in [1.82, 2.24) is 14.9 Å². The third-order valence-corrected chi connectivity index (χ3v) is 3.92. The topological polar surface area (TPSA) is 94.0 Å². The van der Waals surface area contributed by atoms with E-state index in [2.05, 4.69) is 15.0 Å². The molecule has 2 amide bonds. The van der Waals surface area contributed by atoms with Gasteiger partial charge in [-0.1, -0.05) is 0 Å². The van der Waals surface area contributed by atoms with Gasteiger partial charge >= 0.3 is 18.4 Å². The number of rotatable bonds is 3. The van der Waals surface area contributed by atoms with Crippen molar-refractivity contribution in [3.8, 4) is 0 Å². The lowest BCUT2D eigenvalue weighted by Gasteiger charge is -2.30. The first kappa shape index (κ1) is 26.2. The van der Waals surface area contributed by atoms with E-state index in [4.69, 9.17) is 9.47 Å². The Kier molecular flexibility index (Phi) is 7.49. The molecule has 1 aromatic rings. The molecule has 8 nitrogen and oxygen atoms in total. The molecular weight excluding hydrogens is 448 g/mol. The first-order valence-corrected chi connectivity index (χ1v) is 9.98. The van der Waals surface area contributed by atoms with Crippen LogP contribution in [-0.2, 0) is 15.7 Å². The average molecular weight is 474 g/mol. The fourth-order valence-corrected chi connectivity index (χ4v) is 2.55. The second-order valence-corrected chi connectivity index (χ2v) is 9.25. The molecule has 0 saturated heterocycles. The third kappa shape index (κ3) is 7.79. The summed E-state index contributed by atoms with van der Waals surface area (Å²) in [5.74, 6) is -1.32. The molecule has 0 radical (unpaired) electrons. The number of amides is 2. The van der Waals surface area contributed by atoms with Gasteiger partial charge in [0.2, 0.25) is 5.82 Å². The molecule has 1 aliphatic heterocycles. The van der Waals surface area contributed by atoms with Crippen LogP contribution in [0.15, 0.2) is 29.0 Å². The molecule has 2 rings (SSSR count). The highest BCUT2D eigenvalue weighted by Crippen LogP contribution is 2.26. The van der Waals surface area contributed by atoms with Gasteiger partial charge in [-0.15, -0.1) is 0 Å². The van der Waals surface area contributed by atoms with Crippen molar-refractivity contribution in [3.05, 3.63) is 35.4 Å². The summed E-state index contributed by atoms with van der Waals surface area (Å²) in [6, 6.07) is 0. The van der Waals surface area contributed by atoms with Crippen LogP contribution in [0.1, 0.15) is 52.9 Å². The van der Waals surface area contributed by atoms with Crippen molar-refractivity contribution >= 4 is 17.9 Å².